The van der Waals surface area contributed by atoms with Crippen molar-refractivity contribution >= 4 is 5.96 Å². The van der Waals surface area contributed by atoms with Crippen molar-refractivity contribution in [3.8, 4) is 0 Å². The molecule has 0 atom stereocenters. The fourth-order valence-corrected chi connectivity index (χ4v) is 3.30. The van der Waals surface area contributed by atoms with E-state index in [0.717, 1.165) is 38.7 Å². The summed E-state index contributed by atoms with van der Waals surface area (Å²) in [4.78, 5) is 4.35. The van der Waals surface area contributed by atoms with Crippen LogP contribution < -0.4 is 10.6 Å². The molecule has 1 heterocycles. The highest BCUT2D eigenvalue weighted by Crippen LogP contribution is 2.27. The molecule has 2 N–H and O–H groups in total. The molecule has 0 amide bonds. The normalized spacial score (nSPS) is 16.2. The topological polar surface area (TPSA) is 45.7 Å². The first-order chi connectivity index (χ1) is 12.7. The molecule has 0 unspecified atom stereocenters. The summed E-state index contributed by atoms with van der Waals surface area (Å²) in [5, 5.41) is 6.88. The standard InChI is InChI=1S/C22H29N3O/c1-22(16-26-17-22)15-25-21(23-2)24-14-13-20(18-9-5-3-6-10-18)19-11-7-4-8-12-19/h3-12,20H,13-17H2,1-2H3,(H2,23,24,25). The Kier molecular flexibility index (Phi) is 6.29. The smallest absolute Gasteiger partial charge is 0.190 e. The number of rotatable bonds is 7. The Hall–Kier alpha value is -2.33. The molecule has 4 heteroatoms. The van der Waals surface area contributed by atoms with E-state index in [1.54, 1.807) is 0 Å². The third-order valence-electron chi connectivity index (χ3n) is 4.94. The maximum Gasteiger partial charge on any atom is 0.190 e. The van der Waals surface area contributed by atoms with E-state index in [1.807, 2.05) is 7.05 Å². The minimum atomic E-state index is 0.230. The second kappa shape index (κ2) is 8.86. The van der Waals surface area contributed by atoms with E-state index < -0.39 is 0 Å². The Morgan fingerprint density at radius 2 is 1.58 bits per heavy atom. The van der Waals surface area contributed by atoms with Crippen LogP contribution in [0.25, 0.3) is 0 Å². The number of nitrogens with one attached hydrogen (secondary N) is 2. The molecule has 1 aliphatic rings. The average Bonchev–Trinajstić information content (AvgIpc) is 2.67. The van der Waals surface area contributed by atoms with Crippen molar-refractivity contribution in [3.63, 3.8) is 0 Å². The fourth-order valence-electron chi connectivity index (χ4n) is 3.30. The number of aliphatic imine (C=N–C) groups is 1. The zero-order chi connectivity index (χ0) is 18.2. The minimum absolute atomic E-state index is 0.230. The Morgan fingerprint density at radius 3 is 2.04 bits per heavy atom. The number of hydrogen-bond donors (Lipinski definition) is 2. The van der Waals surface area contributed by atoms with Gasteiger partial charge in [-0.2, -0.15) is 0 Å². The molecule has 0 aliphatic carbocycles. The summed E-state index contributed by atoms with van der Waals surface area (Å²) >= 11 is 0. The molecule has 2 aromatic carbocycles. The highest BCUT2D eigenvalue weighted by atomic mass is 16.5. The van der Waals surface area contributed by atoms with E-state index in [9.17, 15) is 0 Å². The van der Waals surface area contributed by atoms with Gasteiger partial charge in [0, 0.05) is 31.5 Å². The van der Waals surface area contributed by atoms with Gasteiger partial charge in [-0.25, -0.2) is 0 Å². The molecule has 0 bridgehead atoms. The molecule has 0 spiro atoms. The van der Waals surface area contributed by atoms with Gasteiger partial charge in [-0.05, 0) is 17.5 Å². The summed E-state index contributed by atoms with van der Waals surface area (Å²) in [6.07, 6.45) is 1.01. The molecular weight excluding hydrogens is 322 g/mol. The lowest BCUT2D eigenvalue weighted by atomic mass is 9.88. The molecular formula is C22H29N3O. The first-order valence-corrected chi connectivity index (χ1v) is 9.32. The number of guanidine groups is 1. The van der Waals surface area contributed by atoms with E-state index in [2.05, 4.69) is 83.2 Å². The molecule has 1 aliphatic heterocycles. The summed E-state index contributed by atoms with van der Waals surface area (Å²) in [6.45, 7) is 5.62. The maximum atomic E-state index is 5.31. The Labute approximate surface area is 156 Å². The predicted octanol–water partition coefficient (Wildman–Crippen LogP) is 3.41. The lowest BCUT2D eigenvalue weighted by Crippen LogP contribution is -2.51. The van der Waals surface area contributed by atoms with Crippen molar-refractivity contribution in [1.82, 2.24) is 10.6 Å². The van der Waals surface area contributed by atoms with Crippen LogP contribution >= 0.6 is 0 Å². The highest BCUT2D eigenvalue weighted by Gasteiger charge is 2.33. The van der Waals surface area contributed by atoms with Crippen LogP contribution in [0.2, 0.25) is 0 Å². The van der Waals surface area contributed by atoms with E-state index in [0.29, 0.717) is 5.92 Å². The zero-order valence-electron chi connectivity index (χ0n) is 15.7. The van der Waals surface area contributed by atoms with Crippen molar-refractivity contribution in [1.29, 1.82) is 0 Å². The zero-order valence-corrected chi connectivity index (χ0v) is 15.7. The highest BCUT2D eigenvalue weighted by molar-refractivity contribution is 5.79. The van der Waals surface area contributed by atoms with Crippen LogP contribution in [0.3, 0.4) is 0 Å². The van der Waals surface area contributed by atoms with Crippen LogP contribution in [0.1, 0.15) is 30.4 Å². The van der Waals surface area contributed by atoms with E-state index >= 15 is 0 Å². The summed E-state index contributed by atoms with van der Waals surface area (Å²) in [5.74, 6) is 1.23. The Bertz CT molecular complexity index is 656. The lowest BCUT2D eigenvalue weighted by Gasteiger charge is -2.38. The molecule has 1 fully saturated rings. The van der Waals surface area contributed by atoms with Gasteiger partial charge < -0.3 is 15.4 Å². The molecule has 1 saturated heterocycles. The minimum Gasteiger partial charge on any atom is -0.380 e. The van der Waals surface area contributed by atoms with Gasteiger partial charge in [-0.1, -0.05) is 67.6 Å². The summed E-state index contributed by atoms with van der Waals surface area (Å²) in [6, 6.07) is 21.4. The molecule has 26 heavy (non-hydrogen) atoms. The molecule has 0 radical (unpaired) electrons. The number of nitrogens with zero attached hydrogens (tertiary/aromatic N) is 1. The van der Waals surface area contributed by atoms with E-state index in [4.69, 9.17) is 4.74 Å². The second-order valence-corrected chi connectivity index (χ2v) is 7.32. The lowest BCUT2D eigenvalue weighted by molar-refractivity contribution is -0.0971. The van der Waals surface area contributed by atoms with Crippen molar-refractivity contribution in [3.05, 3.63) is 71.8 Å². The second-order valence-electron chi connectivity index (χ2n) is 7.32. The maximum absolute atomic E-state index is 5.31. The van der Waals surface area contributed by atoms with Gasteiger partial charge in [0.15, 0.2) is 5.96 Å². The average molecular weight is 351 g/mol. The van der Waals surface area contributed by atoms with Gasteiger partial charge in [0.1, 0.15) is 0 Å². The fraction of sp³-hybridized carbons (Fsp3) is 0.409. The molecule has 2 aromatic rings. The molecule has 3 rings (SSSR count). The predicted molar refractivity (Wildman–Crippen MR) is 108 cm³/mol. The summed E-state index contributed by atoms with van der Waals surface area (Å²) < 4.78 is 5.31. The van der Waals surface area contributed by atoms with E-state index in [1.165, 1.54) is 11.1 Å². The van der Waals surface area contributed by atoms with Crippen LogP contribution in [0, 0.1) is 5.41 Å². The number of benzene rings is 2. The van der Waals surface area contributed by atoms with Crippen molar-refractivity contribution in [2.45, 2.75) is 19.3 Å². The van der Waals surface area contributed by atoms with Crippen molar-refractivity contribution in [2.24, 2.45) is 10.4 Å². The first kappa shape index (κ1) is 18.5. The van der Waals surface area contributed by atoms with Crippen LogP contribution in [-0.4, -0.2) is 39.3 Å². The monoisotopic (exact) mass is 351 g/mol. The SMILES string of the molecule is CN=C(NCCC(c1ccccc1)c1ccccc1)NCC1(C)COC1. The Morgan fingerprint density at radius 1 is 1.00 bits per heavy atom. The largest absolute Gasteiger partial charge is 0.380 e. The molecule has 138 valence electrons. The number of ether oxygens (including phenoxy) is 1. The van der Waals surface area contributed by atoms with Gasteiger partial charge in [0.05, 0.1) is 13.2 Å². The first-order valence-electron chi connectivity index (χ1n) is 9.32. The third kappa shape index (κ3) is 4.85. The van der Waals surface area contributed by atoms with Gasteiger partial charge in [-0.15, -0.1) is 0 Å². The van der Waals surface area contributed by atoms with Gasteiger partial charge >= 0.3 is 0 Å². The van der Waals surface area contributed by atoms with Crippen molar-refractivity contribution in [2.75, 3.05) is 33.4 Å². The van der Waals surface area contributed by atoms with Gasteiger partial charge in [-0.3, -0.25) is 4.99 Å². The van der Waals surface area contributed by atoms with Crippen LogP contribution in [0.5, 0.6) is 0 Å². The van der Waals surface area contributed by atoms with Gasteiger partial charge in [0.2, 0.25) is 0 Å². The van der Waals surface area contributed by atoms with Gasteiger partial charge in [0.25, 0.3) is 0 Å². The summed E-state index contributed by atoms with van der Waals surface area (Å²) in [5.41, 5.74) is 2.93. The van der Waals surface area contributed by atoms with Crippen LogP contribution in [-0.2, 0) is 4.74 Å². The third-order valence-corrected chi connectivity index (χ3v) is 4.94. The van der Waals surface area contributed by atoms with Crippen LogP contribution in [0.4, 0.5) is 0 Å². The molecule has 0 saturated carbocycles. The van der Waals surface area contributed by atoms with Crippen molar-refractivity contribution < 1.29 is 4.74 Å². The van der Waals surface area contributed by atoms with E-state index in [-0.39, 0.29) is 5.41 Å². The van der Waals surface area contributed by atoms with Crippen LogP contribution in [0.15, 0.2) is 65.7 Å². The number of hydrogen-bond acceptors (Lipinski definition) is 2. The molecule has 0 aromatic heterocycles. The summed E-state index contributed by atoms with van der Waals surface area (Å²) in [7, 11) is 1.82. The Balaban J connectivity index is 1.57. The quantitative estimate of drug-likeness (QED) is 0.594. The molecule has 4 nitrogen and oxygen atoms in total.